The smallest absolute Gasteiger partial charge is 0.0465 e. The van der Waals surface area contributed by atoms with E-state index in [4.69, 9.17) is 4.74 Å². The Balaban J connectivity index is -0.0000000208. The SMILES string of the molecule is CC#CC#CC#CC.CCCCOCCCC.O.[HH].[HH].[HH].[HH].[HH].[HH]. The van der Waals surface area contributed by atoms with Crippen molar-refractivity contribution >= 4 is 0 Å². The summed E-state index contributed by atoms with van der Waals surface area (Å²) < 4.78 is 5.31. The first-order chi connectivity index (χ1) is 8.33. The van der Waals surface area contributed by atoms with Crippen molar-refractivity contribution in [2.24, 2.45) is 0 Å². The molecule has 0 atom stereocenters. The Kier molecular flexibility index (Phi) is 30.0. The first-order valence-electron chi connectivity index (χ1n) is 6.24. The maximum Gasteiger partial charge on any atom is 0.0465 e. The van der Waals surface area contributed by atoms with E-state index in [0.717, 1.165) is 13.2 Å². The van der Waals surface area contributed by atoms with Crippen molar-refractivity contribution in [3.05, 3.63) is 0 Å². The number of rotatable bonds is 6. The Morgan fingerprint density at radius 2 is 1.17 bits per heavy atom. The van der Waals surface area contributed by atoms with Gasteiger partial charge in [0.1, 0.15) is 0 Å². The molecule has 0 aliphatic rings. The largest absolute Gasteiger partial charge is 0.412 e. The van der Waals surface area contributed by atoms with Gasteiger partial charge in [0.15, 0.2) is 0 Å². The molecule has 0 aromatic carbocycles. The maximum atomic E-state index is 5.31. The van der Waals surface area contributed by atoms with E-state index in [9.17, 15) is 0 Å². The molecule has 0 fully saturated rings. The molecule has 2 heteroatoms. The fourth-order valence-corrected chi connectivity index (χ4v) is 0.782. The van der Waals surface area contributed by atoms with Gasteiger partial charge >= 0.3 is 0 Å². The molecule has 0 radical (unpaired) electrons. The standard InChI is InChI=1S/C8H18O.C8H6.H2O.6H2/c1-3-5-7-9-8-6-4-2;1-3-5-7-8-6-4-2;;;;;;;/h3-8H2,1-2H3;1-2H3;1H2;6*1H. The first-order valence-corrected chi connectivity index (χ1v) is 6.24. The molecule has 114 valence electrons. The third-order valence-electron chi connectivity index (χ3n) is 1.72. The van der Waals surface area contributed by atoms with E-state index in [1.54, 1.807) is 13.8 Å². The molecular weight excluding hydrogens is 224 g/mol. The molecule has 0 heterocycles. The van der Waals surface area contributed by atoms with Gasteiger partial charge in [-0.15, -0.1) is 0 Å². The Hall–Kier alpha value is -1.40. The van der Waals surface area contributed by atoms with E-state index in [1.807, 2.05) is 0 Å². The van der Waals surface area contributed by atoms with Gasteiger partial charge in [0.05, 0.1) is 0 Å². The van der Waals surface area contributed by atoms with Gasteiger partial charge in [-0.25, -0.2) is 0 Å². The van der Waals surface area contributed by atoms with Crippen LogP contribution in [0.3, 0.4) is 0 Å². The number of ether oxygens (including phenoxy) is 1. The van der Waals surface area contributed by atoms with Crippen molar-refractivity contribution in [2.45, 2.75) is 53.4 Å². The quantitative estimate of drug-likeness (QED) is 0.520. The second kappa shape index (κ2) is 24.7. The summed E-state index contributed by atoms with van der Waals surface area (Å²) in [5.74, 6) is 15.5. The van der Waals surface area contributed by atoms with Gasteiger partial charge in [-0.1, -0.05) is 38.5 Å². The lowest BCUT2D eigenvalue weighted by Gasteiger charge is -1.99. The summed E-state index contributed by atoms with van der Waals surface area (Å²) in [7, 11) is 0. The summed E-state index contributed by atoms with van der Waals surface area (Å²) in [5.41, 5.74) is 0. The van der Waals surface area contributed by atoms with Gasteiger partial charge in [-0.2, -0.15) is 0 Å². The van der Waals surface area contributed by atoms with Crippen LogP contribution in [0.4, 0.5) is 0 Å². The van der Waals surface area contributed by atoms with E-state index in [-0.39, 0.29) is 14.0 Å². The van der Waals surface area contributed by atoms with Gasteiger partial charge < -0.3 is 10.2 Å². The molecule has 0 spiro atoms. The lowest BCUT2D eigenvalue weighted by Crippen LogP contribution is -1.95. The molecule has 0 bridgehead atoms. The van der Waals surface area contributed by atoms with E-state index < -0.39 is 0 Å². The Bertz CT molecular complexity index is 302. The predicted octanol–water partition coefficient (Wildman–Crippen LogP) is 4.29. The fraction of sp³-hybridized carbons (Fsp3) is 0.625. The van der Waals surface area contributed by atoms with Crippen LogP contribution in [0.1, 0.15) is 61.9 Å². The second-order valence-electron chi connectivity index (χ2n) is 3.32. The zero-order chi connectivity index (χ0) is 13.2. The van der Waals surface area contributed by atoms with E-state index >= 15 is 0 Å². The van der Waals surface area contributed by atoms with E-state index in [1.165, 1.54) is 25.7 Å². The Morgan fingerprint density at radius 3 is 1.44 bits per heavy atom. The zero-order valence-corrected chi connectivity index (χ0v) is 12.2. The molecule has 0 unspecified atom stereocenters. The monoisotopic (exact) mass is 262 g/mol. The van der Waals surface area contributed by atoms with Crippen molar-refractivity contribution in [1.29, 1.82) is 0 Å². The van der Waals surface area contributed by atoms with Crippen molar-refractivity contribution in [3.8, 4) is 35.5 Å². The minimum atomic E-state index is 0. The molecule has 0 saturated carbocycles. The Morgan fingerprint density at radius 1 is 0.778 bits per heavy atom. The van der Waals surface area contributed by atoms with Gasteiger partial charge in [0, 0.05) is 21.8 Å². The molecule has 0 aliphatic carbocycles. The summed E-state index contributed by atoms with van der Waals surface area (Å²) in [6, 6.07) is 0. The molecule has 0 amide bonds. The molecule has 0 saturated heterocycles. The zero-order valence-electron chi connectivity index (χ0n) is 12.2. The summed E-state index contributed by atoms with van der Waals surface area (Å²) in [6.07, 6.45) is 4.91. The highest BCUT2D eigenvalue weighted by atomic mass is 16.5. The van der Waals surface area contributed by atoms with Crippen molar-refractivity contribution in [3.63, 3.8) is 0 Å². The van der Waals surface area contributed by atoms with Gasteiger partial charge in [-0.05, 0) is 50.4 Å². The van der Waals surface area contributed by atoms with Crippen LogP contribution in [0.15, 0.2) is 0 Å². The van der Waals surface area contributed by atoms with Crippen LogP contribution in [0, 0.1) is 35.5 Å². The van der Waals surface area contributed by atoms with Gasteiger partial charge in [0.25, 0.3) is 0 Å². The van der Waals surface area contributed by atoms with Gasteiger partial charge in [-0.3, -0.25) is 0 Å². The maximum absolute atomic E-state index is 5.31. The lowest BCUT2D eigenvalue weighted by molar-refractivity contribution is 0.128. The molecule has 0 rings (SSSR count). The van der Waals surface area contributed by atoms with Gasteiger partial charge in [0.2, 0.25) is 0 Å². The number of unbranched alkanes of at least 4 members (excludes halogenated alkanes) is 2. The van der Waals surface area contributed by atoms with Crippen LogP contribution in [-0.2, 0) is 4.74 Å². The predicted molar refractivity (Wildman–Crippen MR) is 91.6 cm³/mol. The third-order valence-corrected chi connectivity index (χ3v) is 1.72. The molecule has 0 aromatic rings. The average Bonchev–Trinajstić information content (AvgIpc) is 2.36. The van der Waals surface area contributed by atoms with Crippen LogP contribution < -0.4 is 0 Å². The summed E-state index contributed by atoms with van der Waals surface area (Å²) in [5, 5.41) is 0. The normalized spacial score (nSPS) is 6.67. The molecule has 0 aromatic heterocycles. The topological polar surface area (TPSA) is 40.7 Å². The Labute approximate surface area is 122 Å². The number of hydrogen-bond acceptors (Lipinski definition) is 1. The summed E-state index contributed by atoms with van der Waals surface area (Å²) in [4.78, 5) is 0. The second-order valence-corrected chi connectivity index (χ2v) is 3.32. The lowest BCUT2D eigenvalue weighted by atomic mass is 10.3. The van der Waals surface area contributed by atoms with Crippen LogP contribution in [-0.4, -0.2) is 18.7 Å². The number of hydrogen-bond donors (Lipinski definition) is 0. The molecule has 18 heavy (non-hydrogen) atoms. The minimum Gasteiger partial charge on any atom is -0.412 e. The summed E-state index contributed by atoms with van der Waals surface area (Å²) in [6.45, 7) is 9.77. The van der Waals surface area contributed by atoms with Crippen LogP contribution in [0.25, 0.3) is 0 Å². The summed E-state index contributed by atoms with van der Waals surface area (Å²) >= 11 is 0. The van der Waals surface area contributed by atoms with Crippen LogP contribution in [0.2, 0.25) is 0 Å². The van der Waals surface area contributed by atoms with Crippen molar-refractivity contribution < 1.29 is 18.8 Å². The third kappa shape index (κ3) is 29.3. The van der Waals surface area contributed by atoms with Crippen LogP contribution in [0.5, 0.6) is 0 Å². The molecule has 2 N–H and O–H groups in total. The fourth-order valence-electron chi connectivity index (χ4n) is 0.782. The molecule has 2 nitrogen and oxygen atoms in total. The van der Waals surface area contributed by atoms with Crippen molar-refractivity contribution in [1.82, 2.24) is 0 Å². The average molecular weight is 262 g/mol. The highest BCUT2D eigenvalue weighted by molar-refractivity contribution is 5.34. The molecule has 0 aliphatic heterocycles. The highest BCUT2D eigenvalue weighted by Gasteiger charge is 1.84. The van der Waals surface area contributed by atoms with Crippen molar-refractivity contribution in [2.75, 3.05) is 13.2 Å². The highest BCUT2D eigenvalue weighted by Crippen LogP contribution is 1.91. The first kappa shape index (κ1) is 21.8. The minimum absolute atomic E-state index is 0. The van der Waals surface area contributed by atoms with Crippen LogP contribution >= 0.6 is 0 Å². The van der Waals surface area contributed by atoms with E-state index in [2.05, 4.69) is 49.4 Å². The molecular formula is C16H38O2. The van der Waals surface area contributed by atoms with E-state index in [0.29, 0.717) is 0 Å².